The SMILES string of the molecule is CC(C)(C)OC(=O)NC(=N)N1CCCC(CNC(=O)C[C@H](NS(=O)(=O)c2ccc3ccccc3c2)C(=O)NC2CC2)C1. The molecule has 2 aromatic rings. The van der Waals surface area contributed by atoms with Gasteiger partial charge in [-0.25, -0.2) is 13.2 Å². The highest BCUT2D eigenvalue weighted by Crippen LogP contribution is 2.21. The number of hydrogen-bond acceptors (Lipinski definition) is 7. The van der Waals surface area contributed by atoms with E-state index in [1.807, 2.05) is 18.2 Å². The molecule has 2 aliphatic rings. The minimum absolute atomic E-state index is 0.00322. The van der Waals surface area contributed by atoms with Crippen molar-refractivity contribution in [3.05, 3.63) is 42.5 Å². The summed E-state index contributed by atoms with van der Waals surface area (Å²) in [5.74, 6) is -1.08. The summed E-state index contributed by atoms with van der Waals surface area (Å²) >= 11 is 0. The molecule has 228 valence electrons. The van der Waals surface area contributed by atoms with Gasteiger partial charge in [0, 0.05) is 25.7 Å². The van der Waals surface area contributed by atoms with Gasteiger partial charge < -0.3 is 20.3 Å². The van der Waals surface area contributed by atoms with E-state index >= 15 is 0 Å². The van der Waals surface area contributed by atoms with Crippen LogP contribution in [-0.2, 0) is 24.3 Å². The second kappa shape index (κ2) is 13.1. The van der Waals surface area contributed by atoms with Crippen molar-refractivity contribution in [3.8, 4) is 0 Å². The van der Waals surface area contributed by atoms with E-state index in [-0.39, 0.29) is 35.8 Å². The zero-order valence-corrected chi connectivity index (χ0v) is 25.1. The number of piperidine rings is 1. The van der Waals surface area contributed by atoms with Crippen LogP contribution in [-0.4, -0.2) is 74.5 Å². The molecule has 12 nitrogen and oxygen atoms in total. The number of alkyl carbamates (subject to hydrolysis) is 1. The lowest BCUT2D eigenvalue weighted by atomic mass is 9.98. The van der Waals surface area contributed by atoms with Crippen LogP contribution in [0.1, 0.15) is 52.9 Å². The second-order valence-corrected chi connectivity index (χ2v) is 13.6. The van der Waals surface area contributed by atoms with Crippen molar-refractivity contribution in [2.75, 3.05) is 19.6 Å². The molecule has 1 aliphatic carbocycles. The first-order valence-corrected chi connectivity index (χ1v) is 15.7. The molecule has 42 heavy (non-hydrogen) atoms. The molecule has 1 heterocycles. The molecule has 1 saturated heterocycles. The molecule has 4 rings (SSSR count). The quantitative estimate of drug-likeness (QED) is 0.217. The number of likely N-dealkylation sites (tertiary alicyclic amines) is 1. The first-order valence-electron chi connectivity index (χ1n) is 14.2. The minimum atomic E-state index is -4.10. The normalized spacial score (nSPS) is 18.2. The van der Waals surface area contributed by atoms with Gasteiger partial charge >= 0.3 is 6.09 Å². The molecule has 13 heteroatoms. The molecular weight excluding hydrogens is 560 g/mol. The molecule has 2 atom stereocenters. The Morgan fingerprint density at radius 1 is 1.07 bits per heavy atom. The summed E-state index contributed by atoms with van der Waals surface area (Å²) in [6, 6.07) is 10.8. The van der Waals surface area contributed by atoms with Crippen LogP contribution in [0.3, 0.4) is 0 Å². The van der Waals surface area contributed by atoms with Crippen LogP contribution in [0.15, 0.2) is 47.4 Å². The van der Waals surface area contributed by atoms with Gasteiger partial charge in [0.2, 0.25) is 27.8 Å². The van der Waals surface area contributed by atoms with Crippen molar-refractivity contribution in [1.29, 1.82) is 5.41 Å². The molecular formula is C29H40N6O6S. The highest BCUT2D eigenvalue weighted by molar-refractivity contribution is 7.89. The van der Waals surface area contributed by atoms with E-state index in [4.69, 9.17) is 10.1 Å². The van der Waals surface area contributed by atoms with E-state index in [0.29, 0.717) is 13.1 Å². The molecule has 0 radical (unpaired) electrons. The number of nitrogens with zero attached hydrogens (tertiary/aromatic N) is 1. The van der Waals surface area contributed by atoms with Gasteiger partial charge in [0.25, 0.3) is 0 Å². The minimum Gasteiger partial charge on any atom is -0.444 e. The summed E-state index contributed by atoms with van der Waals surface area (Å²) in [7, 11) is -4.10. The molecule has 2 aromatic carbocycles. The molecule has 0 aromatic heterocycles. The Hall–Kier alpha value is -3.71. The average Bonchev–Trinajstić information content (AvgIpc) is 3.74. The van der Waals surface area contributed by atoms with Crippen molar-refractivity contribution in [2.45, 2.75) is 75.5 Å². The Kier molecular flexibility index (Phi) is 9.72. The van der Waals surface area contributed by atoms with E-state index in [2.05, 4.69) is 20.7 Å². The van der Waals surface area contributed by atoms with Gasteiger partial charge in [-0.1, -0.05) is 30.3 Å². The number of amides is 3. The maximum absolute atomic E-state index is 13.2. The molecule has 5 N–H and O–H groups in total. The van der Waals surface area contributed by atoms with Crippen molar-refractivity contribution < 1.29 is 27.5 Å². The van der Waals surface area contributed by atoms with E-state index in [9.17, 15) is 22.8 Å². The molecule has 0 spiro atoms. The summed E-state index contributed by atoms with van der Waals surface area (Å²) in [4.78, 5) is 39.7. The molecule has 3 amide bonds. The summed E-state index contributed by atoms with van der Waals surface area (Å²) < 4.78 is 34.1. The standard InChI is InChI=1S/C29H40N6O6S/c1-29(2,3)41-28(38)33-27(30)35-14-6-7-19(18-35)17-31-25(36)16-24(26(37)32-22-11-12-22)34-42(39,40)23-13-10-20-8-4-5-9-21(20)15-23/h4-5,8-10,13,15,19,22,24,34H,6-7,11-12,14,16-18H2,1-3H3,(H,31,36)(H,32,37)(H2,30,33,38)/t19?,24-/m0/s1. The lowest BCUT2D eigenvalue weighted by molar-refractivity contribution is -0.128. The number of rotatable bonds is 9. The van der Waals surface area contributed by atoms with E-state index in [0.717, 1.165) is 36.5 Å². The topological polar surface area (TPSA) is 170 Å². The number of hydrogen-bond donors (Lipinski definition) is 5. The second-order valence-electron chi connectivity index (χ2n) is 11.9. The zero-order valence-electron chi connectivity index (χ0n) is 24.2. The number of sulfonamides is 1. The Bertz CT molecular complexity index is 1440. The number of guanidine groups is 1. The Labute approximate surface area is 246 Å². The number of nitrogens with one attached hydrogen (secondary N) is 5. The molecule has 1 unspecified atom stereocenters. The first kappa shape index (κ1) is 31.2. The maximum Gasteiger partial charge on any atom is 0.414 e. The summed E-state index contributed by atoms with van der Waals surface area (Å²) in [5.41, 5.74) is -0.684. The highest BCUT2D eigenvalue weighted by Gasteiger charge is 2.32. The van der Waals surface area contributed by atoms with Crippen molar-refractivity contribution in [1.82, 2.24) is 25.6 Å². The predicted octanol–water partition coefficient (Wildman–Crippen LogP) is 2.44. The third-order valence-electron chi connectivity index (χ3n) is 7.00. The van der Waals surface area contributed by atoms with E-state index < -0.39 is 39.6 Å². The number of fused-ring (bicyclic) bond motifs is 1. The Morgan fingerprint density at radius 2 is 1.79 bits per heavy atom. The Balaban J connectivity index is 1.34. The van der Waals surface area contributed by atoms with Crippen LogP contribution in [0.2, 0.25) is 0 Å². The van der Waals surface area contributed by atoms with Gasteiger partial charge in [0.15, 0.2) is 0 Å². The Morgan fingerprint density at radius 3 is 2.48 bits per heavy atom. The molecule has 2 fully saturated rings. The first-order chi connectivity index (χ1) is 19.8. The van der Waals surface area contributed by atoms with Gasteiger partial charge in [-0.3, -0.25) is 20.3 Å². The van der Waals surface area contributed by atoms with Crippen LogP contribution in [0, 0.1) is 11.3 Å². The van der Waals surface area contributed by atoms with Crippen molar-refractivity contribution in [3.63, 3.8) is 0 Å². The van der Waals surface area contributed by atoms with Gasteiger partial charge in [-0.05, 0) is 75.3 Å². The van der Waals surface area contributed by atoms with Crippen molar-refractivity contribution >= 4 is 44.7 Å². The lowest BCUT2D eigenvalue weighted by Crippen LogP contribution is -2.51. The zero-order chi connectivity index (χ0) is 30.5. The fourth-order valence-electron chi connectivity index (χ4n) is 4.74. The fourth-order valence-corrected chi connectivity index (χ4v) is 5.97. The van der Waals surface area contributed by atoms with Crippen LogP contribution >= 0.6 is 0 Å². The molecule has 0 bridgehead atoms. The number of carbonyl (C=O) groups is 3. The van der Waals surface area contributed by atoms with Crippen LogP contribution in [0.25, 0.3) is 10.8 Å². The summed E-state index contributed by atoms with van der Waals surface area (Å²) in [5, 5.41) is 17.9. The maximum atomic E-state index is 13.2. The number of ether oxygens (including phenoxy) is 1. The van der Waals surface area contributed by atoms with E-state index in [1.54, 1.807) is 37.8 Å². The van der Waals surface area contributed by atoms with Gasteiger partial charge in [0.1, 0.15) is 11.6 Å². The highest BCUT2D eigenvalue weighted by atomic mass is 32.2. The lowest BCUT2D eigenvalue weighted by Gasteiger charge is -2.34. The smallest absolute Gasteiger partial charge is 0.414 e. The van der Waals surface area contributed by atoms with Gasteiger partial charge in [-0.15, -0.1) is 0 Å². The van der Waals surface area contributed by atoms with Gasteiger partial charge in [0.05, 0.1) is 11.3 Å². The van der Waals surface area contributed by atoms with Crippen LogP contribution in [0.5, 0.6) is 0 Å². The van der Waals surface area contributed by atoms with Crippen LogP contribution < -0.4 is 20.7 Å². The van der Waals surface area contributed by atoms with Crippen molar-refractivity contribution in [2.24, 2.45) is 5.92 Å². The monoisotopic (exact) mass is 600 g/mol. The molecule has 1 saturated carbocycles. The molecule has 1 aliphatic heterocycles. The summed E-state index contributed by atoms with van der Waals surface area (Å²) in [6.07, 6.45) is 2.13. The largest absolute Gasteiger partial charge is 0.444 e. The third-order valence-corrected chi connectivity index (χ3v) is 8.47. The van der Waals surface area contributed by atoms with Crippen LogP contribution in [0.4, 0.5) is 4.79 Å². The summed E-state index contributed by atoms with van der Waals surface area (Å²) in [6.45, 7) is 6.52. The van der Waals surface area contributed by atoms with E-state index in [1.165, 1.54) is 12.1 Å². The average molecular weight is 601 g/mol. The third kappa shape index (κ3) is 9.15. The fraction of sp³-hybridized carbons (Fsp3) is 0.517. The predicted molar refractivity (Wildman–Crippen MR) is 158 cm³/mol. The number of benzene rings is 2. The number of carbonyl (C=O) groups excluding carboxylic acids is 3. The van der Waals surface area contributed by atoms with Gasteiger partial charge in [-0.2, -0.15) is 4.72 Å².